The number of amides is 2. The molecule has 3 heterocycles. The molecule has 0 spiro atoms. The maximum absolute atomic E-state index is 13.5. The minimum Gasteiger partial charge on any atom is -0.336 e. The van der Waals surface area contributed by atoms with Gasteiger partial charge in [0.1, 0.15) is 6.54 Å². The number of nitrogens with two attached hydrogens (primary N) is 1. The lowest BCUT2D eigenvalue weighted by Crippen LogP contribution is -2.49. The summed E-state index contributed by atoms with van der Waals surface area (Å²) in [5, 5.41) is 5.92. The maximum atomic E-state index is 13.5. The van der Waals surface area contributed by atoms with Gasteiger partial charge in [-0.2, -0.15) is 18.3 Å². The lowest BCUT2D eigenvalue weighted by molar-refractivity contribution is -0.141. The van der Waals surface area contributed by atoms with Crippen molar-refractivity contribution in [2.75, 3.05) is 44.6 Å². The smallest absolute Gasteiger partial charge is 0.336 e. The van der Waals surface area contributed by atoms with Crippen LogP contribution < -0.4 is 11.1 Å². The van der Waals surface area contributed by atoms with Gasteiger partial charge in [0.05, 0.1) is 28.0 Å². The van der Waals surface area contributed by atoms with Crippen molar-refractivity contribution in [3.8, 4) is 11.3 Å². The lowest BCUT2D eigenvalue weighted by Gasteiger charge is -2.34. The molecule has 0 saturated carbocycles. The van der Waals surface area contributed by atoms with Crippen molar-refractivity contribution in [2.24, 2.45) is 12.8 Å². The molecule has 1 aliphatic rings. The van der Waals surface area contributed by atoms with Crippen molar-refractivity contribution >= 4 is 29.1 Å². The number of benzene rings is 1. The summed E-state index contributed by atoms with van der Waals surface area (Å²) in [6.07, 6.45) is -5.98. The average Bonchev–Trinajstić information content (AvgIpc) is 3.47. The van der Waals surface area contributed by atoms with Crippen LogP contribution in [-0.4, -0.2) is 86.6 Å². The van der Waals surface area contributed by atoms with Crippen molar-refractivity contribution < 1.29 is 31.5 Å². The number of imidazole rings is 1. The number of anilines is 1. The number of carbonyl (C=O) groups excluding carboxylic acids is 2. The summed E-state index contributed by atoms with van der Waals surface area (Å²) in [5.74, 6) is -1.28. The Hall–Kier alpha value is -3.56. The molecule has 2 amide bonds. The minimum absolute atomic E-state index is 0.106. The maximum Gasteiger partial charge on any atom is 0.435 e. The monoisotopic (exact) mass is 588 g/mol. The van der Waals surface area contributed by atoms with Gasteiger partial charge >= 0.3 is 6.18 Å². The largest absolute Gasteiger partial charge is 0.435 e. The van der Waals surface area contributed by atoms with Gasteiger partial charge in [-0.3, -0.25) is 19.2 Å². The first kappa shape index (κ1) is 29.4. The number of nitrogens with zero attached hydrogens (tertiary/aromatic N) is 6. The highest BCUT2D eigenvalue weighted by Crippen LogP contribution is 2.36. The van der Waals surface area contributed by atoms with E-state index in [0.717, 1.165) is 23.5 Å². The molecule has 0 aliphatic carbocycles. The fourth-order valence-electron chi connectivity index (χ4n) is 4.40. The van der Waals surface area contributed by atoms with Gasteiger partial charge in [0.15, 0.2) is 11.5 Å². The Balaban J connectivity index is 1.49. The van der Waals surface area contributed by atoms with Crippen LogP contribution in [0.4, 0.5) is 27.6 Å². The summed E-state index contributed by atoms with van der Waals surface area (Å²) in [6.45, 7) is 2.68. The zero-order valence-corrected chi connectivity index (χ0v) is 22.0. The minimum atomic E-state index is -4.93. The van der Waals surface area contributed by atoms with Crippen LogP contribution in [-0.2, 0) is 19.8 Å². The SMILES string of the molecule is Cn1c(-c2cn(CC(F)F)nc2C(F)(F)F)cnc1C(=O)Nc1ccc(C(=O)N2CCN(CCN)CC2)c(Cl)c1. The molecule has 1 aromatic carbocycles. The van der Waals surface area contributed by atoms with E-state index in [0.29, 0.717) is 37.4 Å². The van der Waals surface area contributed by atoms with Crippen LogP contribution in [0.2, 0.25) is 5.02 Å². The van der Waals surface area contributed by atoms with E-state index in [1.54, 1.807) is 4.90 Å². The fourth-order valence-corrected chi connectivity index (χ4v) is 4.67. The Morgan fingerprint density at radius 3 is 2.48 bits per heavy atom. The van der Waals surface area contributed by atoms with Crippen molar-refractivity contribution in [1.29, 1.82) is 0 Å². The number of nitrogens with one attached hydrogen (secondary N) is 1. The zero-order chi connectivity index (χ0) is 29.2. The molecule has 16 heteroatoms. The third-order valence-electron chi connectivity index (χ3n) is 6.38. The van der Waals surface area contributed by atoms with E-state index < -0.39 is 36.3 Å². The third kappa shape index (κ3) is 6.42. The molecule has 1 saturated heterocycles. The molecule has 40 heavy (non-hydrogen) atoms. The molecule has 0 bridgehead atoms. The Morgan fingerprint density at radius 2 is 1.88 bits per heavy atom. The molecular formula is C24H26ClF5N8O2. The first-order chi connectivity index (χ1) is 18.9. The Kier molecular flexibility index (Phi) is 8.75. The van der Waals surface area contributed by atoms with Gasteiger partial charge in [0.25, 0.3) is 18.2 Å². The van der Waals surface area contributed by atoms with Crippen molar-refractivity contribution in [3.63, 3.8) is 0 Å². The zero-order valence-electron chi connectivity index (χ0n) is 21.3. The van der Waals surface area contributed by atoms with E-state index in [1.165, 1.54) is 25.2 Å². The summed E-state index contributed by atoms with van der Waals surface area (Å²) in [7, 11) is 1.31. The van der Waals surface area contributed by atoms with Crippen LogP contribution in [0.25, 0.3) is 11.3 Å². The van der Waals surface area contributed by atoms with E-state index in [1.807, 2.05) is 0 Å². The summed E-state index contributed by atoms with van der Waals surface area (Å²) in [5.41, 5.74) is 4.03. The Labute approximate surface area is 230 Å². The highest BCUT2D eigenvalue weighted by Gasteiger charge is 2.39. The van der Waals surface area contributed by atoms with E-state index in [-0.39, 0.29) is 33.7 Å². The highest BCUT2D eigenvalue weighted by atomic mass is 35.5. The van der Waals surface area contributed by atoms with Crippen LogP contribution in [0.15, 0.2) is 30.6 Å². The average molecular weight is 589 g/mol. The second kappa shape index (κ2) is 11.9. The number of carbonyl (C=O) groups is 2. The number of hydrogen-bond acceptors (Lipinski definition) is 6. The highest BCUT2D eigenvalue weighted by molar-refractivity contribution is 6.34. The predicted molar refractivity (Wildman–Crippen MR) is 136 cm³/mol. The number of halogens is 6. The second-order valence-electron chi connectivity index (χ2n) is 9.10. The molecule has 1 fully saturated rings. The Morgan fingerprint density at radius 1 is 1.18 bits per heavy atom. The molecular weight excluding hydrogens is 563 g/mol. The molecule has 0 atom stereocenters. The summed E-state index contributed by atoms with van der Waals surface area (Å²) in [4.78, 5) is 33.6. The predicted octanol–water partition coefficient (Wildman–Crippen LogP) is 3.19. The van der Waals surface area contributed by atoms with Crippen LogP contribution in [0.3, 0.4) is 0 Å². The quantitative estimate of drug-likeness (QED) is 0.391. The van der Waals surface area contributed by atoms with Gasteiger partial charge in [-0.25, -0.2) is 13.8 Å². The van der Waals surface area contributed by atoms with Crippen molar-refractivity contribution in [1.82, 2.24) is 29.1 Å². The van der Waals surface area contributed by atoms with Gasteiger partial charge < -0.3 is 20.5 Å². The molecule has 0 radical (unpaired) electrons. The number of aromatic nitrogens is 4. The van der Waals surface area contributed by atoms with Crippen molar-refractivity contribution in [2.45, 2.75) is 19.1 Å². The molecule has 4 rings (SSSR count). The van der Waals surface area contributed by atoms with Crippen LogP contribution >= 0.6 is 11.6 Å². The summed E-state index contributed by atoms with van der Waals surface area (Å²) in [6, 6.07) is 4.34. The van der Waals surface area contributed by atoms with Crippen LogP contribution in [0.5, 0.6) is 0 Å². The molecule has 1 aliphatic heterocycles. The van der Waals surface area contributed by atoms with E-state index >= 15 is 0 Å². The molecule has 0 unspecified atom stereocenters. The first-order valence-electron chi connectivity index (χ1n) is 12.2. The Bertz CT molecular complexity index is 1380. The van der Waals surface area contributed by atoms with Crippen LogP contribution in [0, 0.1) is 0 Å². The van der Waals surface area contributed by atoms with Gasteiger partial charge in [-0.1, -0.05) is 11.6 Å². The first-order valence-corrected chi connectivity index (χ1v) is 12.5. The van der Waals surface area contributed by atoms with Gasteiger partial charge in [-0.15, -0.1) is 0 Å². The van der Waals surface area contributed by atoms with E-state index in [9.17, 15) is 31.5 Å². The number of hydrogen-bond donors (Lipinski definition) is 2. The number of piperazine rings is 1. The number of rotatable bonds is 8. The summed E-state index contributed by atoms with van der Waals surface area (Å²) >= 11 is 6.35. The van der Waals surface area contributed by atoms with E-state index in [2.05, 4.69) is 20.3 Å². The molecule has 3 aromatic rings. The standard InChI is InChI=1S/C24H26ClF5N8O2/c1-35-18(16-12-38(13-19(26)27)34-20(16)24(28,29)30)11-32-21(35)22(39)33-14-2-3-15(17(25)10-14)23(40)37-8-6-36(5-4-31)7-9-37/h2-3,10-12,19H,4-9,13,31H2,1H3,(H,33,39). The van der Waals surface area contributed by atoms with Gasteiger partial charge in [0, 0.05) is 58.2 Å². The molecule has 3 N–H and O–H groups in total. The van der Waals surface area contributed by atoms with Crippen molar-refractivity contribution in [3.05, 3.63) is 52.7 Å². The topological polar surface area (TPSA) is 114 Å². The molecule has 10 nitrogen and oxygen atoms in total. The lowest BCUT2D eigenvalue weighted by atomic mass is 10.1. The molecule has 2 aromatic heterocycles. The van der Waals surface area contributed by atoms with E-state index in [4.69, 9.17) is 17.3 Å². The van der Waals surface area contributed by atoms with Gasteiger partial charge in [-0.05, 0) is 18.2 Å². The fraction of sp³-hybridized carbons (Fsp3) is 0.417. The number of alkyl halides is 5. The summed E-state index contributed by atoms with van der Waals surface area (Å²) < 4.78 is 67.7. The van der Waals surface area contributed by atoms with Gasteiger partial charge in [0.2, 0.25) is 0 Å². The normalized spacial score (nSPS) is 14.7. The molecule has 216 valence electrons. The van der Waals surface area contributed by atoms with Crippen LogP contribution in [0.1, 0.15) is 26.7 Å². The second-order valence-corrected chi connectivity index (χ2v) is 9.51. The third-order valence-corrected chi connectivity index (χ3v) is 6.70.